The van der Waals surface area contributed by atoms with Crippen molar-refractivity contribution in [3.8, 4) is 11.5 Å². The van der Waals surface area contributed by atoms with Crippen molar-refractivity contribution in [2.45, 2.75) is 0 Å². The fraction of sp³-hybridized carbons (Fsp3) is 0.118. The molecule has 0 unspecified atom stereocenters. The molecule has 0 amide bonds. The molecular weight excluding hydrogens is 336 g/mol. The summed E-state index contributed by atoms with van der Waals surface area (Å²) in [5.41, 5.74) is 0.354. The standard InChI is InChI=1S/C17H13ClO6/c1-22-12-6-3-10(4-7-12)15(19)17(21)24-14-8-5-11(9-13(14)18)16(20)23-2/h3-9H,1-2H3. The van der Waals surface area contributed by atoms with Crippen molar-refractivity contribution >= 4 is 29.3 Å². The first-order valence-corrected chi connectivity index (χ1v) is 7.12. The van der Waals surface area contributed by atoms with Gasteiger partial charge in [0.05, 0.1) is 24.8 Å². The number of ether oxygens (including phenoxy) is 3. The Hall–Kier alpha value is -2.86. The van der Waals surface area contributed by atoms with Crippen LogP contribution in [0.2, 0.25) is 5.02 Å². The molecule has 2 rings (SSSR count). The molecule has 0 aliphatic rings. The highest BCUT2D eigenvalue weighted by Gasteiger charge is 2.20. The molecule has 6 nitrogen and oxygen atoms in total. The Balaban J connectivity index is 2.13. The highest BCUT2D eigenvalue weighted by Crippen LogP contribution is 2.26. The van der Waals surface area contributed by atoms with Crippen LogP contribution in [0.3, 0.4) is 0 Å². The predicted molar refractivity (Wildman–Crippen MR) is 85.8 cm³/mol. The van der Waals surface area contributed by atoms with Gasteiger partial charge in [-0.25, -0.2) is 9.59 Å². The van der Waals surface area contributed by atoms with E-state index in [1.807, 2.05) is 0 Å². The van der Waals surface area contributed by atoms with Gasteiger partial charge in [-0.05, 0) is 42.5 Å². The van der Waals surface area contributed by atoms with Crippen molar-refractivity contribution in [2.75, 3.05) is 14.2 Å². The quantitative estimate of drug-likeness (QED) is 0.358. The minimum atomic E-state index is -1.09. The van der Waals surface area contributed by atoms with Gasteiger partial charge in [0.15, 0.2) is 0 Å². The zero-order chi connectivity index (χ0) is 17.7. The molecule has 124 valence electrons. The summed E-state index contributed by atoms with van der Waals surface area (Å²) >= 11 is 5.95. The first kappa shape index (κ1) is 17.5. The maximum absolute atomic E-state index is 12.0. The third-order valence-corrected chi connectivity index (χ3v) is 3.39. The molecular formula is C17H13ClO6. The fourth-order valence-corrected chi connectivity index (χ4v) is 2.05. The Morgan fingerprint density at radius 2 is 1.54 bits per heavy atom. The van der Waals surface area contributed by atoms with Crippen molar-refractivity contribution in [1.82, 2.24) is 0 Å². The topological polar surface area (TPSA) is 78.9 Å². The van der Waals surface area contributed by atoms with E-state index in [2.05, 4.69) is 4.74 Å². The summed E-state index contributed by atoms with van der Waals surface area (Å²) in [5, 5.41) is 0.00813. The Morgan fingerprint density at radius 3 is 2.08 bits per heavy atom. The number of carbonyl (C=O) groups excluding carboxylic acids is 3. The normalized spacial score (nSPS) is 9.96. The number of carbonyl (C=O) groups is 3. The zero-order valence-electron chi connectivity index (χ0n) is 12.9. The average molecular weight is 349 g/mol. The number of esters is 2. The average Bonchev–Trinajstić information content (AvgIpc) is 2.62. The molecule has 2 aromatic carbocycles. The van der Waals surface area contributed by atoms with Crippen molar-refractivity contribution in [3.05, 3.63) is 58.6 Å². The maximum Gasteiger partial charge on any atom is 0.385 e. The van der Waals surface area contributed by atoms with Gasteiger partial charge in [0, 0.05) is 5.56 Å². The Morgan fingerprint density at radius 1 is 0.917 bits per heavy atom. The van der Waals surface area contributed by atoms with Gasteiger partial charge >= 0.3 is 11.9 Å². The van der Waals surface area contributed by atoms with E-state index in [1.54, 1.807) is 12.1 Å². The van der Waals surface area contributed by atoms with Crippen LogP contribution in [-0.4, -0.2) is 31.9 Å². The molecule has 0 aliphatic carbocycles. The second kappa shape index (κ2) is 7.61. The van der Waals surface area contributed by atoms with Crippen LogP contribution in [0.4, 0.5) is 0 Å². The Kier molecular flexibility index (Phi) is 5.55. The molecule has 7 heteroatoms. The summed E-state index contributed by atoms with van der Waals surface area (Å²) in [5.74, 6) is -1.97. The van der Waals surface area contributed by atoms with E-state index < -0.39 is 17.7 Å². The van der Waals surface area contributed by atoms with Gasteiger partial charge in [0.1, 0.15) is 11.5 Å². The van der Waals surface area contributed by atoms with Crippen LogP contribution in [0.5, 0.6) is 11.5 Å². The molecule has 0 spiro atoms. The lowest BCUT2D eigenvalue weighted by atomic mass is 10.1. The lowest BCUT2D eigenvalue weighted by Crippen LogP contribution is -2.20. The zero-order valence-corrected chi connectivity index (χ0v) is 13.6. The monoisotopic (exact) mass is 348 g/mol. The Labute approximate surface area is 142 Å². The molecule has 0 aromatic heterocycles. The van der Waals surface area contributed by atoms with Crippen LogP contribution in [0.1, 0.15) is 20.7 Å². The third-order valence-electron chi connectivity index (χ3n) is 3.09. The molecule has 0 N–H and O–H groups in total. The number of hydrogen-bond acceptors (Lipinski definition) is 6. The van der Waals surface area contributed by atoms with Crippen LogP contribution in [0.25, 0.3) is 0 Å². The second-order valence-electron chi connectivity index (χ2n) is 4.58. The summed E-state index contributed by atoms with van der Waals surface area (Å²) < 4.78 is 14.5. The maximum atomic E-state index is 12.0. The van der Waals surface area contributed by atoms with Crippen molar-refractivity contribution in [2.24, 2.45) is 0 Å². The van der Waals surface area contributed by atoms with Gasteiger partial charge in [-0.1, -0.05) is 11.6 Å². The van der Waals surface area contributed by atoms with E-state index in [0.717, 1.165) is 0 Å². The van der Waals surface area contributed by atoms with E-state index in [9.17, 15) is 14.4 Å². The van der Waals surface area contributed by atoms with Crippen LogP contribution < -0.4 is 9.47 Å². The highest BCUT2D eigenvalue weighted by molar-refractivity contribution is 6.41. The highest BCUT2D eigenvalue weighted by atomic mass is 35.5. The van der Waals surface area contributed by atoms with Crippen molar-refractivity contribution in [3.63, 3.8) is 0 Å². The summed E-state index contributed by atoms with van der Waals surface area (Å²) in [4.78, 5) is 35.4. The summed E-state index contributed by atoms with van der Waals surface area (Å²) in [6, 6.07) is 9.98. The van der Waals surface area contributed by atoms with Gasteiger partial charge in [-0.15, -0.1) is 0 Å². The number of rotatable bonds is 5. The first-order valence-electron chi connectivity index (χ1n) is 6.74. The number of hydrogen-bond donors (Lipinski definition) is 0. The summed E-state index contributed by atoms with van der Waals surface area (Å²) in [6.07, 6.45) is 0. The van der Waals surface area contributed by atoms with Gasteiger partial charge in [-0.3, -0.25) is 4.79 Å². The van der Waals surface area contributed by atoms with Crippen molar-refractivity contribution in [1.29, 1.82) is 0 Å². The number of benzene rings is 2. The molecule has 0 radical (unpaired) electrons. The third kappa shape index (κ3) is 3.91. The lowest BCUT2D eigenvalue weighted by Gasteiger charge is -2.07. The van der Waals surface area contributed by atoms with E-state index in [4.69, 9.17) is 21.1 Å². The van der Waals surface area contributed by atoms with E-state index in [0.29, 0.717) is 5.75 Å². The SMILES string of the molecule is COC(=O)c1ccc(OC(=O)C(=O)c2ccc(OC)cc2)c(Cl)c1. The number of methoxy groups -OCH3 is 2. The largest absolute Gasteiger partial charge is 0.497 e. The molecule has 0 fully saturated rings. The van der Waals surface area contributed by atoms with Crippen molar-refractivity contribution < 1.29 is 28.6 Å². The molecule has 0 saturated carbocycles. The number of ketones is 1. The van der Waals surface area contributed by atoms with Crippen LogP contribution >= 0.6 is 11.6 Å². The van der Waals surface area contributed by atoms with Gasteiger partial charge in [0.25, 0.3) is 5.78 Å². The first-order chi connectivity index (χ1) is 11.5. The summed E-state index contributed by atoms with van der Waals surface area (Å²) in [6.45, 7) is 0. The minimum Gasteiger partial charge on any atom is -0.497 e. The van der Waals surface area contributed by atoms with Gasteiger partial charge in [-0.2, -0.15) is 0 Å². The molecule has 0 aliphatic heterocycles. The number of Topliss-reactive ketones (excluding diaryl/α,β-unsaturated/α-hetero) is 1. The van der Waals surface area contributed by atoms with E-state index in [-0.39, 0.29) is 21.9 Å². The van der Waals surface area contributed by atoms with Crippen LogP contribution in [-0.2, 0) is 9.53 Å². The fourth-order valence-electron chi connectivity index (χ4n) is 1.83. The van der Waals surface area contributed by atoms with E-state index >= 15 is 0 Å². The van der Waals surface area contributed by atoms with Gasteiger partial charge < -0.3 is 14.2 Å². The number of halogens is 1. The molecule has 2 aromatic rings. The molecule has 0 atom stereocenters. The van der Waals surface area contributed by atoms with E-state index in [1.165, 1.54) is 44.6 Å². The van der Waals surface area contributed by atoms with Gasteiger partial charge in [0.2, 0.25) is 0 Å². The van der Waals surface area contributed by atoms with Crippen LogP contribution in [0, 0.1) is 0 Å². The molecule has 0 saturated heterocycles. The predicted octanol–water partition coefficient (Wildman–Crippen LogP) is 2.92. The molecule has 0 bridgehead atoms. The molecule has 24 heavy (non-hydrogen) atoms. The summed E-state index contributed by atoms with van der Waals surface area (Å²) in [7, 11) is 2.72. The lowest BCUT2D eigenvalue weighted by molar-refractivity contribution is -0.129. The smallest absolute Gasteiger partial charge is 0.385 e. The minimum absolute atomic E-state index is 0.00813. The van der Waals surface area contributed by atoms with Crippen LogP contribution in [0.15, 0.2) is 42.5 Å². The second-order valence-corrected chi connectivity index (χ2v) is 4.99. The Bertz CT molecular complexity index is 782. The molecule has 0 heterocycles.